The smallest absolute Gasteiger partial charge is 0.222 e. The quantitative estimate of drug-likeness (QED) is 0.797. The molecule has 0 saturated heterocycles. The van der Waals surface area contributed by atoms with Crippen molar-refractivity contribution in [1.29, 1.82) is 0 Å². The van der Waals surface area contributed by atoms with Gasteiger partial charge in [-0.25, -0.2) is 4.98 Å². The van der Waals surface area contributed by atoms with Gasteiger partial charge in [0.25, 0.3) is 0 Å². The van der Waals surface area contributed by atoms with Gasteiger partial charge in [-0.05, 0) is 25.5 Å². The molecule has 4 nitrogen and oxygen atoms in total. The Labute approximate surface area is 83.3 Å². The fourth-order valence-electron chi connectivity index (χ4n) is 1.10. The summed E-state index contributed by atoms with van der Waals surface area (Å²) in [5, 5.41) is 2.61. The van der Waals surface area contributed by atoms with E-state index in [0.29, 0.717) is 12.4 Å². The average Bonchev–Trinajstić information content (AvgIpc) is 2.09. The Balaban J connectivity index is 2.83. The van der Waals surface area contributed by atoms with Gasteiger partial charge in [0.05, 0.1) is 12.8 Å². The fourth-order valence-corrected chi connectivity index (χ4v) is 1.10. The minimum Gasteiger partial charge on any atom is -0.492 e. The number of anilines is 1. The van der Waals surface area contributed by atoms with Crippen LogP contribution in [0.1, 0.15) is 19.4 Å². The van der Waals surface area contributed by atoms with Gasteiger partial charge in [0, 0.05) is 6.92 Å². The van der Waals surface area contributed by atoms with Gasteiger partial charge < -0.3 is 10.1 Å². The highest BCUT2D eigenvalue weighted by Gasteiger charge is 2.02. The van der Waals surface area contributed by atoms with Crippen LogP contribution in [0.2, 0.25) is 0 Å². The van der Waals surface area contributed by atoms with Crippen LogP contribution in [0.5, 0.6) is 5.75 Å². The number of nitrogens with zero attached hydrogens (tertiary/aromatic N) is 1. The van der Waals surface area contributed by atoms with Crippen molar-refractivity contribution in [1.82, 2.24) is 4.98 Å². The van der Waals surface area contributed by atoms with Crippen molar-refractivity contribution >= 4 is 11.7 Å². The van der Waals surface area contributed by atoms with Crippen molar-refractivity contribution < 1.29 is 9.53 Å². The highest BCUT2D eigenvalue weighted by molar-refractivity contribution is 5.87. The maximum absolute atomic E-state index is 10.8. The van der Waals surface area contributed by atoms with Gasteiger partial charge in [0.1, 0.15) is 11.6 Å². The summed E-state index contributed by atoms with van der Waals surface area (Å²) >= 11 is 0. The minimum absolute atomic E-state index is 0.124. The van der Waals surface area contributed by atoms with E-state index in [2.05, 4.69) is 10.3 Å². The number of carbonyl (C=O) groups excluding carboxylic acids is 1. The molecule has 0 spiro atoms. The van der Waals surface area contributed by atoms with Crippen molar-refractivity contribution in [2.24, 2.45) is 0 Å². The summed E-state index contributed by atoms with van der Waals surface area (Å²) in [6, 6.07) is 1.78. The lowest BCUT2D eigenvalue weighted by atomic mass is 10.2. The number of hydrogen-bond donors (Lipinski definition) is 1. The largest absolute Gasteiger partial charge is 0.492 e. The van der Waals surface area contributed by atoms with E-state index in [-0.39, 0.29) is 5.91 Å². The van der Waals surface area contributed by atoms with Crippen LogP contribution in [0.25, 0.3) is 0 Å². The Hall–Kier alpha value is -1.58. The monoisotopic (exact) mass is 194 g/mol. The maximum Gasteiger partial charge on any atom is 0.222 e. The molecule has 0 radical (unpaired) electrons. The molecule has 4 heteroatoms. The summed E-state index contributed by atoms with van der Waals surface area (Å²) < 4.78 is 5.32. The molecule has 0 aliphatic rings. The number of aryl methyl sites for hydroxylation is 1. The highest BCUT2D eigenvalue weighted by Crippen LogP contribution is 2.18. The molecule has 0 bridgehead atoms. The predicted molar refractivity (Wildman–Crippen MR) is 54.4 cm³/mol. The number of hydrogen-bond acceptors (Lipinski definition) is 3. The molecule has 1 heterocycles. The molecular formula is C10H14N2O2. The maximum atomic E-state index is 10.8. The van der Waals surface area contributed by atoms with E-state index in [0.717, 1.165) is 11.3 Å². The van der Waals surface area contributed by atoms with Crippen LogP contribution in [0.3, 0.4) is 0 Å². The van der Waals surface area contributed by atoms with E-state index in [1.807, 2.05) is 13.8 Å². The molecule has 1 aromatic heterocycles. The summed E-state index contributed by atoms with van der Waals surface area (Å²) in [5.41, 5.74) is 0.964. The summed E-state index contributed by atoms with van der Waals surface area (Å²) in [6.07, 6.45) is 1.62. The molecule has 0 fully saturated rings. The summed E-state index contributed by atoms with van der Waals surface area (Å²) in [7, 11) is 0. The fraction of sp³-hybridized carbons (Fsp3) is 0.400. The van der Waals surface area contributed by atoms with Gasteiger partial charge in [0.2, 0.25) is 5.91 Å². The third kappa shape index (κ3) is 2.73. The van der Waals surface area contributed by atoms with Crippen LogP contribution >= 0.6 is 0 Å². The summed E-state index contributed by atoms with van der Waals surface area (Å²) in [4.78, 5) is 14.8. The first-order valence-electron chi connectivity index (χ1n) is 4.50. The lowest BCUT2D eigenvalue weighted by Gasteiger charge is -2.07. The first-order valence-corrected chi connectivity index (χ1v) is 4.50. The molecule has 0 aromatic carbocycles. The zero-order valence-corrected chi connectivity index (χ0v) is 8.63. The van der Waals surface area contributed by atoms with E-state index < -0.39 is 0 Å². The highest BCUT2D eigenvalue weighted by atomic mass is 16.5. The Bertz CT molecular complexity index is 337. The van der Waals surface area contributed by atoms with E-state index in [1.165, 1.54) is 6.92 Å². The van der Waals surface area contributed by atoms with E-state index in [1.54, 1.807) is 12.3 Å². The standard InChI is InChI=1S/C10H14N2O2/c1-4-14-9-6-11-10(5-7(9)2)12-8(3)13/h5-6H,4H2,1-3H3,(H,11,12,13). The van der Waals surface area contributed by atoms with Crippen LogP contribution in [0.4, 0.5) is 5.82 Å². The normalized spacial score (nSPS) is 9.64. The number of ether oxygens (including phenoxy) is 1. The molecule has 14 heavy (non-hydrogen) atoms. The second-order valence-electron chi connectivity index (χ2n) is 2.95. The summed E-state index contributed by atoms with van der Waals surface area (Å²) in [5.74, 6) is 1.18. The average molecular weight is 194 g/mol. The Kier molecular flexibility index (Phi) is 3.45. The lowest BCUT2D eigenvalue weighted by Crippen LogP contribution is -2.07. The molecule has 1 rings (SSSR count). The second kappa shape index (κ2) is 4.60. The van der Waals surface area contributed by atoms with Crippen molar-refractivity contribution in [3.63, 3.8) is 0 Å². The van der Waals surface area contributed by atoms with Gasteiger partial charge in [-0.1, -0.05) is 0 Å². The number of rotatable bonds is 3. The molecule has 0 aliphatic carbocycles. The first kappa shape index (κ1) is 10.5. The number of aromatic nitrogens is 1. The van der Waals surface area contributed by atoms with Crippen molar-refractivity contribution in [2.45, 2.75) is 20.8 Å². The molecule has 1 N–H and O–H groups in total. The molecule has 0 saturated carbocycles. The van der Waals surface area contributed by atoms with Crippen molar-refractivity contribution in [2.75, 3.05) is 11.9 Å². The summed E-state index contributed by atoms with van der Waals surface area (Å²) in [6.45, 7) is 5.90. The van der Waals surface area contributed by atoms with Crippen molar-refractivity contribution in [3.8, 4) is 5.75 Å². The van der Waals surface area contributed by atoms with Crippen LogP contribution in [-0.2, 0) is 4.79 Å². The SMILES string of the molecule is CCOc1cnc(NC(C)=O)cc1C. The van der Waals surface area contributed by atoms with E-state index >= 15 is 0 Å². The molecule has 0 atom stereocenters. The number of pyridine rings is 1. The molecule has 0 aliphatic heterocycles. The van der Waals surface area contributed by atoms with Gasteiger partial charge in [-0.3, -0.25) is 4.79 Å². The number of carbonyl (C=O) groups is 1. The minimum atomic E-state index is -0.124. The third-order valence-corrected chi connectivity index (χ3v) is 1.67. The van der Waals surface area contributed by atoms with Crippen LogP contribution in [0.15, 0.2) is 12.3 Å². The predicted octanol–water partition coefficient (Wildman–Crippen LogP) is 1.75. The van der Waals surface area contributed by atoms with Crippen molar-refractivity contribution in [3.05, 3.63) is 17.8 Å². The lowest BCUT2D eigenvalue weighted by molar-refractivity contribution is -0.114. The van der Waals surface area contributed by atoms with Gasteiger partial charge in [-0.2, -0.15) is 0 Å². The zero-order valence-electron chi connectivity index (χ0n) is 8.63. The van der Waals surface area contributed by atoms with Crippen LogP contribution in [-0.4, -0.2) is 17.5 Å². The van der Waals surface area contributed by atoms with Crippen LogP contribution in [0, 0.1) is 6.92 Å². The molecule has 1 aromatic rings. The number of nitrogens with one attached hydrogen (secondary N) is 1. The molecule has 0 unspecified atom stereocenters. The molecule has 1 amide bonds. The van der Waals surface area contributed by atoms with Gasteiger partial charge in [-0.15, -0.1) is 0 Å². The zero-order chi connectivity index (χ0) is 10.6. The van der Waals surface area contributed by atoms with Crippen LogP contribution < -0.4 is 10.1 Å². The molecular weight excluding hydrogens is 180 g/mol. The Morgan fingerprint density at radius 1 is 1.64 bits per heavy atom. The van der Waals surface area contributed by atoms with E-state index in [9.17, 15) is 4.79 Å². The van der Waals surface area contributed by atoms with Gasteiger partial charge >= 0.3 is 0 Å². The molecule has 76 valence electrons. The Morgan fingerprint density at radius 2 is 2.36 bits per heavy atom. The topological polar surface area (TPSA) is 51.2 Å². The third-order valence-electron chi connectivity index (χ3n) is 1.67. The Morgan fingerprint density at radius 3 is 2.86 bits per heavy atom. The number of amides is 1. The van der Waals surface area contributed by atoms with Gasteiger partial charge in [0.15, 0.2) is 0 Å². The second-order valence-corrected chi connectivity index (χ2v) is 2.95. The van der Waals surface area contributed by atoms with E-state index in [4.69, 9.17) is 4.74 Å². The first-order chi connectivity index (χ1) is 6.63.